The molecule has 0 spiro atoms. The molecule has 0 aromatic heterocycles. The van der Waals surface area contributed by atoms with E-state index in [1.807, 2.05) is 43.3 Å². The van der Waals surface area contributed by atoms with Crippen LogP contribution in [0.15, 0.2) is 48.2 Å². The summed E-state index contributed by atoms with van der Waals surface area (Å²) in [5, 5.41) is 0. The Balaban J connectivity index is 1.88. The molecule has 0 atom stereocenters. The zero-order chi connectivity index (χ0) is 15.7. The topological polar surface area (TPSA) is 38.8 Å². The summed E-state index contributed by atoms with van der Waals surface area (Å²) in [6.07, 6.45) is 1.76. The predicted octanol–water partition coefficient (Wildman–Crippen LogP) is 3.38. The zero-order valence-corrected chi connectivity index (χ0v) is 12.8. The number of hydrogen-bond acceptors (Lipinski definition) is 4. The molecule has 1 aliphatic rings. The molecule has 0 unspecified atom stereocenters. The van der Waals surface area contributed by atoms with Crippen LogP contribution in [0.1, 0.15) is 15.9 Å². The molecule has 0 N–H and O–H groups in total. The van der Waals surface area contributed by atoms with Crippen molar-refractivity contribution >= 4 is 17.5 Å². The highest BCUT2D eigenvalue weighted by Gasteiger charge is 2.27. The Morgan fingerprint density at radius 1 is 1.09 bits per heavy atom. The molecule has 1 aliphatic heterocycles. The standard InChI is InChI=1S/C18H17NO3/c1-19(2)13-6-4-12(5-7-13)10-17-18(20)15-9-8-14(21-3)11-16(15)22-17/h4-11H,1-3H3/b17-10+. The number of carbonyl (C=O) groups excluding carboxylic acids is 1. The van der Waals surface area contributed by atoms with Crippen LogP contribution in [0.2, 0.25) is 0 Å². The molecule has 0 radical (unpaired) electrons. The van der Waals surface area contributed by atoms with Crippen molar-refractivity contribution in [3.8, 4) is 11.5 Å². The third-order valence-corrected chi connectivity index (χ3v) is 3.58. The molecule has 0 fully saturated rings. The second-order valence-electron chi connectivity index (χ2n) is 5.29. The highest BCUT2D eigenvalue weighted by atomic mass is 16.5. The monoisotopic (exact) mass is 295 g/mol. The van der Waals surface area contributed by atoms with Gasteiger partial charge in [0.1, 0.15) is 11.5 Å². The second kappa shape index (κ2) is 5.56. The fourth-order valence-corrected chi connectivity index (χ4v) is 2.31. The van der Waals surface area contributed by atoms with E-state index in [-0.39, 0.29) is 5.78 Å². The molecule has 4 nitrogen and oxygen atoms in total. The van der Waals surface area contributed by atoms with E-state index in [2.05, 4.69) is 0 Å². The van der Waals surface area contributed by atoms with Crippen LogP contribution in [-0.2, 0) is 0 Å². The number of ether oxygens (including phenoxy) is 2. The van der Waals surface area contributed by atoms with E-state index in [9.17, 15) is 4.79 Å². The number of allylic oxidation sites excluding steroid dienone is 1. The summed E-state index contributed by atoms with van der Waals surface area (Å²) in [7, 11) is 5.56. The first-order valence-electron chi connectivity index (χ1n) is 6.98. The van der Waals surface area contributed by atoms with Gasteiger partial charge in [-0.15, -0.1) is 0 Å². The Labute approximate surface area is 129 Å². The summed E-state index contributed by atoms with van der Waals surface area (Å²) < 4.78 is 10.8. The maximum Gasteiger partial charge on any atom is 0.231 e. The van der Waals surface area contributed by atoms with Gasteiger partial charge < -0.3 is 14.4 Å². The van der Waals surface area contributed by atoms with E-state index in [0.29, 0.717) is 22.8 Å². The summed E-state index contributed by atoms with van der Waals surface area (Å²) in [5.41, 5.74) is 2.60. The molecule has 0 saturated carbocycles. The Bertz CT molecular complexity index is 745. The number of methoxy groups -OCH3 is 1. The van der Waals surface area contributed by atoms with E-state index in [4.69, 9.17) is 9.47 Å². The lowest BCUT2D eigenvalue weighted by molar-refractivity contribution is 0.101. The summed E-state index contributed by atoms with van der Waals surface area (Å²) in [5.74, 6) is 1.44. The number of hydrogen-bond donors (Lipinski definition) is 0. The second-order valence-corrected chi connectivity index (χ2v) is 5.29. The van der Waals surface area contributed by atoms with Crippen molar-refractivity contribution in [3.05, 3.63) is 59.4 Å². The lowest BCUT2D eigenvalue weighted by Crippen LogP contribution is -2.08. The quantitative estimate of drug-likeness (QED) is 0.814. The first-order valence-corrected chi connectivity index (χ1v) is 6.98. The number of nitrogens with zero attached hydrogens (tertiary/aromatic N) is 1. The summed E-state index contributed by atoms with van der Waals surface area (Å²) in [6, 6.07) is 13.1. The van der Waals surface area contributed by atoms with Crippen LogP contribution < -0.4 is 14.4 Å². The van der Waals surface area contributed by atoms with Crippen LogP contribution in [0, 0.1) is 0 Å². The number of anilines is 1. The van der Waals surface area contributed by atoms with Gasteiger partial charge in [-0.05, 0) is 35.9 Å². The molecule has 0 bridgehead atoms. The minimum Gasteiger partial charge on any atom is -0.497 e. The van der Waals surface area contributed by atoms with Crippen LogP contribution in [0.5, 0.6) is 11.5 Å². The largest absolute Gasteiger partial charge is 0.497 e. The maximum atomic E-state index is 12.3. The lowest BCUT2D eigenvalue weighted by Gasteiger charge is -2.11. The van der Waals surface area contributed by atoms with Crippen molar-refractivity contribution in [1.29, 1.82) is 0 Å². The van der Waals surface area contributed by atoms with Crippen molar-refractivity contribution in [1.82, 2.24) is 0 Å². The first kappa shape index (κ1) is 14.2. The Hall–Kier alpha value is -2.75. The van der Waals surface area contributed by atoms with Gasteiger partial charge in [0.2, 0.25) is 5.78 Å². The van der Waals surface area contributed by atoms with E-state index in [0.717, 1.165) is 11.3 Å². The zero-order valence-electron chi connectivity index (χ0n) is 12.8. The molecule has 2 aromatic rings. The van der Waals surface area contributed by atoms with Crippen molar-refractivity contribution in [3.63, 3.8) is 0 Å². The van der Waals surface area contributed by atoms with Gasteiger partial charge in [0, 0.05) is 25.8 Å². The van der Waals surface area contributed by atoms with Gasteiger partial charge >= 0.3 is 0 Å². The minimum absolute atomic E-state index is 0.102. The van der Waals surface area contributed by atoms with Crippen LogP contribution in [0.4, 0.5) is 5.69 Å². The third kappa shape index (κ3) is 2.55. The average molecular weight is 295 g/mol. The fourth-order valence-electron chi connectivity index (χ4n) is 2.31. The molecule has 0 aliphatic carbocycles. The highest BCUT2D eigenvalue weighted by molar-refractivity contribution is 6.14. The van der Waals surface area contributed by atoms with Crippen LogP contribution in [0.3, 0.4) is 0 Å². The van der Waals surface area contributed by atoms with Crippen molar-refractivity contribution in [2.45, 2.75) is 0 Å². The van der Waals surface area contributed by atoms with Gasteiger partial charge in [-0.25, -0.2) is 0 Å². The normalized spacial score (nSPS) is 14.7. The summed E-state index contributed by atoms with van der Waals surface area (Å²) >= 11 is 0. The lowest BCUT2D eigenvalue weighted by atomic mass is 10.1. The molecule has 3 rings (SSSR count). The number of carbonyl (C=O) groups is 1. The van der Waals surface area contributed by atoms with Gasteiger partial charge in [-0.2, -0.15) is 0 Å². The first-order chi connectivity index (χ1) is 10.6. The van der Waals surface area contributed by atoms with E-state index in [1.165, 1.54) is 0 Å². The molecule has 0 saturated heterocycles. The Morgan fingerprint density at radius 2 is 1.82 bits per heavy atom. The molecule has 2 aromatic carbocycles. The number of benzene rings is 2. The van der Waals surface area contributed by atoms with Gasteiger partial charge in [0.15, 0.2) is 5.76 Å². The van der Waals surface area contributed by atoms with Crippen molar-refractivity contribution in [2.75, 3.05) is 26.1 Å². The molecule has 22 heavy (non-hydrogen) atoms. The van der Waals surface area contributed by atoms with Crippen LogP contribution in [-0.4, -0.2) is 27.0 Å². The highest BCUT2D eigenvalue weighted by Crippen LogP contribution is 2.34. The SMILES string of the molecule is COc1ccc2c(c1)O/C(=C/c1ccc(N(C)C)cc1)C2=O. The third-order valence-electron chi connectivity index (χ3n) is 3.58. The van der Waals surface area contributed by atoms with Crippen molar-refractivity contribution in [2.24, 2.45) is 0 Å². The minimum atomic E-state index is -0.102. The molecular formula is C18H17NO3. The summed E-state index contributed by atoms with van der Waals surface area (Å²) in [4.78, 5) is 14.4. The smallest absolute Gasteiger partial charge is 0.231 e. The van der Waals surface area contributed by atoms with Gasteiger partial charge in [0.25, 0.3) is 0 Å². The van der Waals surface area contributed by atoms with Gasteiger partial charge in [-0.3, -0.25) is 4.79 Å². The van der Waals surface area contributed by atoms with Gasteiger partial charge in [0.05, 0.1) is 12.7 Å². The number of rotatable bonds is 3. The van der Waals surface area contributed by atoms with Gasteiger partial charge in [-0.1, -0.05) is 12.1 Å². The Morgan fingerprint density at radius 3 is 2.45 bits per heavy atom. The molecule has 0 amide bonds. The van der Waals surface area contributed by atoms with E-state index < -0.39 is 0 Å². The summed E-state index contributed by atoms with van der Waals surface area (Å²) in [6.45, 7) is 0. The molecule has 1 heterocycles. The van der Waals surface area contributed by atoms with Crippen LogP contribution in [0.25, 0.3) is 6.08 Å². The molecule has 4 heteroatoms. The van der Waals surface area contributed by atoms with Crippen LogP contribution >= 0.6 is 0 Å². The number of ketones is 1. The Kier molecular flexibility index (Phi) is 3.59. The van der Waals surface area contributed by atoms with E-state index in [1.54, 1.807) is 31.4 Å². The average Bonchev–Trinajstić information content (AvgIpc) is 2.83. The molecular weight excluding hydrogens is 278 g/mol. The predicted molar refractivity (Wildman–Crippen MR) is 86.7 cm³/mol. The van der Waals surface area contributed by atoms with Crippen molar-refractivity contribution < 1.29 is 14.3 Å². The number of fused-ring (bicyclic) bond motifs is 1. The fraction of sp³-hybridized carbons (Fsp3) is 0.167. The van der Waals surface area contributed by atoms with E-state index >= 15 is 0 Å². The number of Topliss-reactive ketones (excluding diaryl/α,β-unsaturated/α-hetero) is 1. The molecule has 112 valence electrons. The maximum absolute atomic E-state index is 12.3.